The van der Waals surface area contributed by atoms with Crippen molar-refractivity contribution < 1.29 is 4.39 Å². The van der Waals surface area contributed by atoms with E-state index in [1.807, 2.05) is 0 Å². The zero-order chi connectivity index (χ0) is 13.7. The van der Waals surface area contributed by atoms with Crippen LogP contribution in [-0.2, 0) is 0 Å². The second-order valence-electron chi connectivity index (χ2n) is 5.57. The second kappa shape index (κ2) is 6.96. The molecule has 19 heavy (non-hydrogen) atoms. The lowest BCUT2D eigenvalue weighted by Crippen LogP contribution is -2.35. The van der Waals surface area contributed by atoms with Gasteiger partial charge in [0.2, 0.25) is 0 Å². The molecule has 1 aliphatic rings. The molecule has 2 rings (SSSR count). The van der Waals surface area contributed by atoms with Crippen molar-refractivity contribution in [1.29, 1.82) is 0 Å². The van der Waals surface area contributed by atoms with Crippen molar-refractivity contribution in [1.82, 2.24) is 9.88 Å². The minimum Gasteiger partial charge on any atom is -0.323 e. The van der Waals surface area contributed by atoms with Crippen molar-refractivity contribution in [3.8, 4) is 0 Å². The fraction of sp³-hybridized carbons (Fsp3) is 0.667. The summed E-state index contributed by atoms with van der Waals surface area (Å²) >= 11 is 0. The number of aromatic nitrogens is 1. The summed E-state index contributed by atoms with van der Waals surface area (Å²) in [5.74, 6) is -0.310. The quantitative estimate of drug-likeness (QED) is 0.890. The zero-order valence-corrected chi connectivity index (χ0v) is 11.7. The van der Waals surface area contributed by atoms with Crippen LogP contribution in [0.5, 0.6) is 0 Å². The molecular formula is C15H24FN3. The Morgan fingerprint density at radius 2 is 2.11 bits per heavy atom. The Hall–Kier alpha value is -1.00. The lowest BCUT2D eigenvalue weighted by molar-refractivity contribution is 0.186. The van der Waals surface area contributed by atoms with Gasteiger partial charge in [-0.05, 0) is 45.0 Å². The Kier molecular flexibility index (Phi) is 5.28. The lowest BCUT2D eigenvalue weighted by Gasteiger charge is -2.31. The second-order valence-corrected chi connectivity index (χ2v) is 5.57. The summed E-state index contributed by atoms with van der Waals surface area (Å²) in [6, 6.07) is 3.71. The number of rotatable bonds is 5. The first-order chi connectivity index (χ1) is 9.16. The van der Waals surface area contributed by atoms with Crippen LogP contribution in [0.4, 0.5) is 4.39 Å². The highest BCUT2D eigenvalue weighted by Crippen LogP contribution is 2.22. The highest BCUT2D eigenvalue weighted by molar-refractivity contribution is 5.09. The summed E-state index contributed by atoms with van der Waals surface area (Å²) in [7, 11) is 2.18. The largest absolute Gasteiger partial charge is 0.323 e. The van der Waals surface area contributed by atoms with Gasteiger partial charge in [-0.2, -0.15) is 0 Å². The Morgan fingerprint density at radius 3 is 2.74 bits per heavy atom. The molecule has 0 saturated heterocycles. The van der Waals surface area contributed by atoms with E-state index < -0.39 is 0 Å². The van der Waals surface area contributed by atoms with Crippen LogP contribution in [0, 0.1) is 5.82 Å². The first kappa shape index (κ1) is 14.4. The molecule has 0 aromatic carbocycles. The van der Waals surface area contributed by atoms with E-state index in [0.717, 1.165) is 18.7 Å². The molecule has 0 aliphatic heterocycles. The number of pyridine rings is 1. The van der Waals surface area contributed by atoms with Gasteiger partial charge in [-0.15, -0.1) is 0 Å². The maximum absolute atomic E-state index is 12.8. The minimum atomic E-state index is -0.310. The Morgan fingerprint density at radius 1 is 1.37 bits per heavy atom. The molecule has 106 valence electrons. The first-order valence-corrected chi connectivity index (χ1v) is 7.24. The van der Waals surface area contributed by atoms with Crippen molar-refractivity contribution in [2.75, 3.05) is 13.6 Å². The van der Waals surface area contributed by atoms with Crippen LogP contribution < -0.4 is 5.73 Å². The average molecular weight is 265 g/mol. The molecule has 4 heteroatoms. The third-order valence-electron chi connectivity index (χ3n) is 4.12. The molecule has 1 aliphatic carbocycles. The van der Waals surface area contributed by atoms with E-state index in [4.69, 9.17) is 5.73 Å². The van der Waals surface area contributed by atoms with Crippen LogP contribution in [0.15, 0.2) is 18.3 Å². The summed E-state index contributed by atoms with van der Waals surface area (Å²) in [4.78, 5) is 6.47. The summed E-state index contributed by atoms with van der Waals surface area (Å²) in [5.41, 5.74) is 6.89. The maximum Gasteiger partial charge on any atom is 0.141 e. The fourth-order valence-electron chi connectivity index (χ4n) is 2.80. The van der Waals surface area contributed by atoms with Crippen molar-refractivity contribution in [2.45, 2.75) is 50.6 Å². The number of hydrogen-bond donors (Lipinski definition) is 1. The molecule has 1 unspecified atom stereocenters. The summed E-state index contributed by atoms with van der Waals surface area (Å²) in [6.45, 7) is 0.977. The number of hydrogen-bond acceptors (Lipinski definition) is 3. The van der Waals surface area contributed by atoms with Crippen LogP contribution in [0.25, 0.3) is 0 Å². The zero-order valence-electron chi connectivity index (χ0n) is 11.7. The van der Waals surface area contributed by atoms with Gasteiger partial charge in [0.1, 0.15) is 5.82 Å². The molecule has 3 nitrogen and oxygen atoms in total. The Bertz CT molecular complexity index is 373. The van der Waals surface area contributed by atoms with Gasteiger partial charge in [0.25, 0.3) is 0 Å². The monoisotopic (exact) mass is 265 g/mol. The van der Waals surface area contributed by atoms with Crippen LogP contribution >= 0.6 is 0 Å². The van der Waals surface area contributed by atoms with E-state index in [0.29, 0.717) is 6.04 Å². The smallest absolute Gasteiger partial charge is 0.141 e. The molecule has 2 N–H and O–H groups in total. The van der Waals surface area contributed by atoms with Gasteiger partial charge in [0.15, 0.2) is 0 Å². The first-order valence-electron chi connectivity index (χ1n) is 7.24. The Balaban J connectivity index is 1.79. The average Bonchev–Trinajstić information content (AvgIpc) is 2.46. The molecule has 0 radical (unpaired) electrons. The predicted molar refractivity (Wildman–Crippen MR) is 75.2 cm³/mol. The maximum atomic E-state index is 12.8. The van der Waals surface area contributed by atoms with Gasteiger partial charge in [-0.1, -0.05) is 19.3 Å². The topological polar surface area (TPSA) is 42.1 Å². The molecule has 1 aromatic rings. The summed E-state index contributed by atoms with van der Waals surface area (Å²) < 4.78 is 12.8. The molecule has 1 heterocycles. The molecule has 0 bridgehead atoms. The van der Waals surface area contributed by atoms with Crippen LogP contribution in [0.2, 0.25) is 0 Å². The lowest BCUT2D eigenvalue weighted by atomic mass is 9.94. The van der Waals surface area contributed by atoms with Gasteiger partial charge < -0.3 is 10.6 Å². The highest BCUT2D eigenvalue weighted by Gasteiger charge is 2.18. The van der Waals surface area contributed by atoms with Gasteiger partial charge in [-0.25, -0.2) is 4.39 Å². The Labute approximate surface area is 115 Å². The summed E-state index contributed by atoms with van der Waals surface area (Å²) in [6.07, 6.45) is 8.79. The number of nitrogens with zero attached hydrogens (tertiary/aromatic N) is 2. The SMILES string of the molecule is CN(CCC(N)c1ccc(F)cn1)C1CCCCC1. The van der Waals surface area contributed by atoms with Crippen LogP contribution in [0.3, 0.4) is 0 Å². The van der Waals surface area contributed by atoms with Crippen molar-refractivity contribution >= 4 is 0 Å². The van der Waals surface area contributed by atoms with Crippen molar-refractivity contribution in [2.24, 2.45) is 5.73 Å². The van der Waals surface area contributed by atoms with Crippen LogP contribution in [0.1, 0.15) is 50.3 Å². The van der Waals surface area contributed by atoms with Crippen LogP contribution in [-0.4, -0.2) is 29.5 Å². The van der Waals surface area contributed by atoms with Crippen molar-refractivity contribution in [3.05, 3.63) is 29.8 Å². The van der Waals surface area contributed by atoms with Gasteiger partial charge in [0, 0.05) is 12.1 Å². The number of halogens is 1. The van der Waals surface area contributed by atoms with Gasteiger partial charge in [-0.3, -0.25) is 4.98 Å². The van der Waals surface area contributed by atoms with E-state index in [2.05, 4.69) is 16.9 Å². The van der Waals surface area contributed by atoms with E-state index in [-0.39, 0.29) is 11.9 Å². The van der Waals surface area contributed by atoms with E-state index >= 15 is 0 Å². The molecule has 1 atom stereocenters. The summed E-state index contributed by atoms with van der Waals surface area (Å²) in [5, 5.41) is 0. The standard InChI is InChI=1S/C15H24FN3/c1-19(13-5-3-2-4-6-13)10-9-14(17)15-8-7-12(16)11-18-15/h7-8,11,13-14H,2-6,9-10,17H2,1H3. The molecule has 0 spiro atoms. The van der Waals surface area contributed by atoms with E-state index in [1.165, 1.54) is 44.4 Å². The number of nitrogens with two attached hydrogens (primary N) is 1. The van der Waals surface area contributed by atoms with Gasteiger partial charge >= 0.3 is 0 Å². The third-order valence-corrected chi connectivity index (χ3v) is 4.12. The predicted octanol–water partition coefficient (Wildman–Crippen LogP) is 2.88. The highest BCUT2D eigenvalue weighted by atomic mass is 19.1. The normalized spacial score (nSPS) is 18.7. The fourth-order valence-corrected chi connectivity index (χ4v) is 2.80. The third kappa shape index (κ3) is 4.25. The molecule has 1 saturated carbocycles. The molecule has 1 aromatic heterocycles. The molecule has 1 fully saturated rings. The van der Waals surface area contributed by atoms with E-state index in [1.54, 1.807) is 6.07 Å². The molecular weight excluding hydrogens is 241 g/mol. The van der Waals surface area contributed by atoms with E-state index in [9.17, 15) is 4.39 Å². The minimum absolute atomic E-state index is 0.105. The molecule has 0 amide bonds. The van der Waals surface area contributed by atoms with Crippen molar-refractivity contribution in [3.63, 3.8) is 0 Å². The van der Waals surface area contributed by atoms with Gasteiger partial charge in [0.05, 0.1) is 11.9 Å².